The average molecular weight is 334 g/mol. The molecule has 24 heavy (non-hydrogen) atoms. The Labute approximate surface area is 143 Å². The number of amides is 2. The van der Waals surface area contributed by atoms with Crippen molar-refractivity contribution in [1.82, 2.24) is 5.32 Å². The first kappa shape index (κ1) is 18.1. The van der Waals surface area contributed by atoms with Gasteiger partial charge in [0.2, 0.25) is 5.91 Å². The molecule has 0 spiro atoms. The van der Waals surface area contributed by atoms with Crippen molar-refractivity contribution in [3.63, 3.8) is 0 Å². The summed E-state index contributed by atoms with van der Waals surface area (Å²) in [6, 6.07) is 5.07. The first-order chi connectivity index (χ1) is 11.2. The van der Waals surface area contributed by atoms with Gasteiger partial charge in [0.25, 0.3) is 0 Å². The normalized spacial score (nSPS) is 14.8. The van der Waals surface area contributed by atoms with Crippen LogP contribution in [-0.2, 0) is 16.0 Å². The first-order valence-corrected chi connectivity index (χ1v) is 8.23. The lowest BCUT2D eigenvalue weighted by Gasteiger charge is -2.26. The minimum atomic E-state index is -0.604. The SMILES string of the molecule is CC[C@H](NC(=O)OC(C)(C)C)C(=O)N1CCc2cc(OC)ccc21. The molecule has 6 heteroatoms. The van der Waals surface area contributed by atoms with Gasteiger partial charge in [-0.3, -0.25) is 4.79 Å². The van der Waals surface area contributed by atoms with E-state index < -0.39 is 17.7 Å². The first-order valence-electron chi connectivity index (χ1n) is 8.23. The molecule has 1 aliphatic rings. The van der Waals surface area contributed by atoms with E-state index in [4.69, 9.17) is 9.47 Å². The van der Waals surface area contributed by atoms with Crippen LogP contribution in [0.25, 0.3) is 0 Å². The molecule has 0 saturated carbocycles. The number of nitrogens with one attached hydrogen (secondary N) is 1. The highest BCUT2D eigenvalue weighted by atomic mass is 16.6. The van der Waals surface area contributed by atoms with Crippen molar-refractivity contribution in [2.24, 2.45) is 0 Å². The van der Waals surface area contributed by atoms with Crippen LogP contribution in [0, 0.1) is 0 Å². The molecular formula is C18H26N2O4. The van der Waals surface area contributed by atoms with Gasteiger partial charge >= 0.3 is 6.09 Å². The third-order valence-electron chi connectivity index (χ3n) is 3.85. The van der Waals surface area contributed by atoms with Crippen LogP contribution >= 0.6 is 0 Å². The highest BCUT2D eigenvalue weighted by Gasteiger charge is 2.31. The monoisotopic (exact) mass is 334 g/mol. The van der Waals surface area contributed by atoms with E-state index in [9.17, 15) is 9.59 Å². The summed E-state index contributed by atoms with van der Waals surface area (Å²) in [5.74, 6) is 0.661. The highest BCUT2D eigenvalue weighted by molar-refractivity contribution is 6.00. The predicted octanol–water partition coefficient (Wildman–Crippen LogP) is 2.89. The molecular weight excluding hydrogens is 308 g/mol. The number of fused-ring (bicyclic) bond motifs is 1. The number of alkyl carbamates (subject to hydrolysis) is 1. The molecule has 132 valence electrons. The molecule has 0 aromatic heterocycles. The van der Waals surface area contributed by atoms with Crippen LogP contribution in [0.5, 0.6) is 5.75 Å². The Hall–Kier alpha value is -2.24. The third kappa shape index (κ3) is 4.19. The summed E-state index contributed by atoms with van der Waals surface area (Å²) in [5.41, 5.74) is 1.36. The zero-order chi connectivity index (χ0) is 17.9. The highest BCUT2D eigenvalue weighted by Crippen LogP contribution is 2.31. The van der Waals surface area contributed by atoms with Crippen molar-refractivity contribution in [1.29, 1.82) is 0 Å². The fourth-order valence-corrected chi connectivity index (χ4v) is 2.71. The second kappa shape index (κ2) is 7.11. The lowest BCUT2D eigenvalue weighted by atomic mass is 10.1. The fourth-order valence-electron chi connectivity index (χ4n) is 2.71. The number of rotatable bonds is 4. The number of hydrogen-bond donors (Lipinski definition) is 1. The third-order valence-corrected chi connectivity index (χ3v) is 3.85. The van der Waals surface area contributed by atoms with E-state index in [-0.39, 0.29) is 5.91 Å². The van der Waals surface area contributed by atoms with Gasteiger partial charge in [-0.2, -0.15) is 0 Å². The number of carbonyl (C=O) groups excluding carboxylic acids is 2. The van der Waals surface area contributed by atoms with E-state index >= 15 is 0 Å². The molecule has 2 amide bonds. The number of ether oxygens (including phenoxy) is 2. The predicted molar refractivity (Wildman–Crippen MR) is 92.5 cm³/mol. The Morgan fingerprint density at radius 3 is 2.62 bits per heavy atom. The molecule has 1 aromatic rings. The second-order valence-corrected chi connectivity index (χ2v) is 6.84. The molecule has 0 bridgehead atoms. The second-order valence-electron chi connectivity index (χ2n) is 6.84. The average Bonchev–Trinajstić information content (AvgIpc) is 2.93. The summed E-state index contributed by atoms with van der Waals surface area (Å²) < 4.78 is 10.5. The Morgan fingerprint density at radius 2 is 2.04 bits per heavy atom. The molecule has 0 aliphatic carbocycles. The summed E-state index contributed by atoms with van der Waals surface area (Å²) in [6.45, 7) is 7.84. The van der Waals surface area contributed by atoms with Crippen molar-refractivity contribution < 1.29 is 19.1 Å². The fraction of sp³-hybridized carbons (Fsp3) is 0.556. The Kier molecular flexibility index (Phi) is 5.36. The molecule has 1 aliphatic heterocycles. The molecule has 2 rings (SSSR count). The maximum atomic E-state index is 12.8. The minimum Gasteiger partial charge on any atom is -0.497 e. The van der Waals surface area contributed by atoms with Crippen LogP contribution in [-0.4, -0.2) is 37.3 Å². The number of hydrogen-bond acceptors (Lipinski definition) is 4. The van der Waals surface area contributed by atoms with E-state index in [1.54, 1.807) is 32.8 Å². The maximum Gasteiger partial charge on any atom is 0.408 e. The van der Waals surface area contributed by atoms with E-state index in [0.29, 0.717) is 13.0 Å². The van der Waals surface area contributed by atoms with Gasteiger partial charge in [-0.05, 0) is 57.4 Å². The van der Waals surface area contributed by atoms with Crippen LogP contribution in [0.15, 0.2) is 18.2 Å². The lowest BCUT2D eigenvalue weighted by Crippen LogP contribution is -2.49. The van der Waals surface area contributed by atoms with E-state index in [1.165, 1.54) is 0 Å². The summed E-state index contributed by atoms with van der Waals surface area (Å²) in [7, 11) is 1.62. The van der Waals surface area contributed by atoms with Gasteiger partial charge in [0, 0.05) is 12.2 Å². The Balaban J connectivity index is 2.09. The number of anilines is 1. The van der Waals surface area contributed by atoms with Gasteiger partial charge in [0.15, 0.2) is 0 Å². The van der Waals surface area contributed by atoms with Crippen molar-refractivity contribution in [3.05, 3.63) is 23.8 Å². The molecule has 1 atom stereocenters. The van der Waals surface area contributed by atoms with E-state index in [2.05, 4.69) is 5.32 Å². The Morgan fingerprint density at radius 1 is 1.33 bits per heavy atom. The van der Waals surface area contributed by atoms with Crippen molar-refractivity contribution in [3.8, 4) is 5.75 Å². The molecule has 0 radical (unpaired) electrons. The molecule has 0 saturated heterocycles. The number of carbonyl (C=O) groups is 2. The molecule has 6 nitrogen and oxygen atoms in total. The molecule has 1 aromatic carbocycles. The molecule has 1 N–H and O–H groups in total. The summed E-state index contributed by atoms with van der Waals surface area (Å²) in [4.78, 5) is 26.5. The van der Waals surface area contributed by atoms with Gasteiger partial charge in [-0.25, -0.2) is 4.79 Å². The smallest absolute Gasteiger partial charge is 0.408 e. The van der Waals surface area contributed by atoms with Crippen molar-refractivity contribution in [2.45, 2.75) is 52.2 Å². The zero-order valence-electron chi connectivity index (χ0n) is 15.0. The van der Waals surface area contributed by atoms with Gasteiger partial charge in [0.1, 0.15) is 17.4 Å². The summed E-state index contributed by atoms with van der Waals surface area (Å²) in [6.07, 6.45) is 0.707. The van der Waals surface area contributed by atoms with Crippen LogP contribution in [0.1, 0.15) is 39.7 Å². The van der Waals surface area contributed by atoms with Crippen molar-refractivity contribution >= 4 is 17.7 Å². The quantitative estimate of drug-likeness (QED) is 0.919. The van der Waals surface area contributed by atoms with Gasteiger partial charge in [-0.15, -0.1) is 0 Å². The standard InChI is InChI=1S/C18H26N2O4/c1-6-14(19-17(22)24-18(2,3)4)16(21)20-10-9-12-11-13(23-5)7-8-15(12)20/h7-8,11,14H,6,9-10H2,1-5H3,(H,19,22)/t14-/m0/s1. The zero-order valence-corrected chi connectivity index (χ0v) is 15.0. The minimum absolute atomic E-state index is 0.118. The molecule has 1 heterocycles. The molecule has 0 unspecified atom stereocenters. The van der Waals surface area contributed by atoms with E-state index in [1.807, 2.05) is 25.1 Å². The largest absolute Gasteiger partial charge is 0.497 e. The van der Waals surface area contributed by atoms with Gasteiger partial charge < -0.3 is 19.7 Å². The van der Waals surface area contributed by atoms with Crippen LogP contribution in [0.4, 0.5) is 10.5 Å². The van der Waals surface area contributed by atoms with Crippen LogP contribution in [0.2, 0.25) is 0 Å². The van der Waals surface area contributed by atoms with Gasteiger partial charge in [0.05, 0.1) is 7.11 Å². The van der Waals surface area contributed by atoms with Crippen molar-refractivity contribution in [2.75, 3.05) is 18.6 Å². The van der Waals surface area contributed by atoms with E-state index in [0.717, 1.165) is 23.4 Å². The number of methoxy groups -OCH3 is 1. The van der Waals surface area contributed by atoms with Crippen LogP contribution < -0.4 is 15.0 Å². The maximum absolute atomic E-state index is 12.8. The van der Waals surface area contributed by atoms with Gasteiger partial charge in [-0.1, -0.05) is 6.92 Å². The summed E-state index contributed by atoms with van der Waals surface area (Å²) in [5, 5.41) is 2.68. The lowest BCUT2D eigenvalue weighted by molar-refractivity contribution is -0.120. The van der Waals surface area contributed by atoms with Crippen LogP contribution in [0.3, 0.4) is 0 Å². The number of benzene rings is 1. The number of nitrogens with zero attached hydrogens (tertiary/aromatic N) is 1. The summed E-state index contributed by atoms with van der Waals surface area (Å²) >= 11 is 0. The molecule has 0 fully saturated rings. The Bertz CT molecular complexity index is 622. The topological polar surface area (TPSA) is 67.9 Å².